The van der Waals surface area contributed by atoms with Crippen molar-refractivity contribution in [2.24, 2.45) is 0 Å². The molecule has 0 spiro atoms. The standard InChI is InChI=1S/C8H12O/c1-3-5-6-7-8(9)4-2/h4-6H,2-3,7H2,1H3/b6-5-. The summed E-state index contributed by atoms with van der Waals surface area (Å²) in [5.41, 5.74) is 0. The van der Waals surface area contributed by atoms with E-state index >= 15 is 0 Å². The average molecular weight is 124 g/mol. The number of carbonyl (C=O) groups excluding carboxylic acids is 1. The summed E-state index contributed by atoms with van der Waals surface area (Å²) in [5.74, 6) is 0.0831. The van der Waals surface area contributed by atoms with Gasteiger partial charge in [-0.3, -0.25) is 4.79 Å². The Kier molecular flexibility index (Phi) is 4.79. The van der Waals surface area contributed by atoms with Gasteiger partial charge in [0.2, 0.25) is 0 Å². The molecule has 0 aliphatic heterocycles. The monoisotopic (exact) mass is 124 g/mol. The van der Waals surface area contributed by atoms with Crippen molar-refractivity contribution in [1.82, 2.24) is 0 Å². The van der Waals surface area contributed by atoms with E-state index in [2.05, 4.69) is 6.58 Å². The Hall–Kier alpha value is -0.850. The lowest BCUT2D eigenvalue weighted by Crippen LogP contribution is -1.86. The molecule has 0 amide bonds. The van der Waals surface area contributed by atoms with E-state index in [0.29, 0.717) is 6.42 Å². The number of hydrogen-bond acceptors (Lipinski definition) is 1. The molecule has 1 nitrogen and oxygen atoms in total. The Morgan fingerprint density at radius 1 is 1.56 bits per heavy atom. The van der Waals surface area contributed by atoms with Gasteiger partial charge < -0.3 is 0 Å². The zero-order chi connectivity index (χ0) is 7.11. The Balaban J connectivity index is 3.37. The number of carbonyl (C=O) groups is 1. The first-order valence-corrected chi connectivity index (χ1v) is 3.11. The van der Waals surface area contributed by atoms with Gasteiger partial charge in [0.05, 0.1) is 0 Å². The Bertz CT molecular complexity index is 123. The van der Waals surface area contributed by atoms with Gasteiger partial charge in [-0.2, -0.15) is 0 Å². The molecule has 0 fully saturated rings. The molecule has 0 aromatic rings. The predicted molar refractivity (Wildman–Crippen MR) is 39.3 cm³/mol. The highest BCUT2D eigenvalue weighted by molar-refractivity contribution is 5.90. The molecule has 9 heavy (non-hydrogen) atoms. The molecular formula is C8H12O. The summed E-state index contributed by atoms with van der Waals surface area (Å²) in [5, 5.41) is 0. The number of ketones is 1. The van der Waals surface area contributed by atoms with Crippen molar-refractivity contribution in [3.05, 3.63) is 24.8 Å². The predicted octanol–water partition coefficient (Wildman–Crippen LogP) is 2.10. The maximum Gasteiger partial charge on any atom is 0.158 e. The second-order valence-corrected chi connectivity index (χ2v) is 1.75. The third-order valence-electron chi connectivity index (χ3n) is 0.949. The largest absolute Gasteiger partial charge is 0.295 e. The van der Waals surface area contributed by atoms with Crippen LogP contribution in [0.5, 0.6) is 0 Å². The minimum absolute atomic E-state index is 0.0831. The molecule has 0 aromatic heterocycles. The lowest BCUT2D eigenvalue weighted by Gasteiger charge is -1.82. The first kappa shape index (κ1) is 8.15. The fourth-order valence-electron chi connectivity index (χ4n) is 0.449. The van der Waals surface area contributed by atoms with Crippen molar-refractivity contribution >= 4 is 5.78 Å². The average Bonchev–Trinajstić information content (AvgIpc) is 1.89. The van der Waals surface area contributed by atoms with E-state index in [9.17, 15) is 4.79 Å². The highest BCUT2D eigenvalue weighted by atomic mass is 16.1. The van der Waals surface area contributed by atoms with Crippen LogP contribution in [-0.2, 0) is 4.79 Å². The van der Waals surface area contributed by atoms with Crippen molar-refractivity contribution in [3.8, 4) is 0 Å². The molecule has 0 aliphatic carbocycles. The summed E-state index contributed by atoms with van der Waals surface area (Å²) in [4.78, 5) is 10.5. The van der Waals surface area contributed by atoms with Gasteiger partial charge in [-0.05, 0) is 12.5 Å². The Labute approximate surface area is 56.1 Å². The van der Waals surface area contributed by atoms with Crippen LogP contribution in [0.4, 0.5) is 0 Å². The van der Waals surface area contributed by atoms with Crippen molar-refractivity contribution in [3.63, 3.8) is 0 Å². The molecule has 50 valence electrons. The molecule has 0 rings (SSSR count). The molecular weight excluding hydrogens is 112 g/mol. The van der Waals surface area contributed by atoms with E-state index in [1.54, 1.807) is 0 Å². The van der Waals surface area contributed by atoms with E-state index in [-0.39, 0.29) is 5.78 Å². The molecule has 0 heterocycles. The molecule has 0 aliphatic rings. The van der Waals surface area contributed by atoms with Gasteiger partial charge in [0.15, 0.2) is 5.78 Å². The molecule has 1 heteroatoms. The van der Waals surface area contributed by atoms with E-state index in [0.717, 1.165) is 6.42 Å². The van der Waals surface area contributed by atoms with Crippen LogP contribution in [0.15, 0.2) is 24.8 Å². The molecule has 0 N–H and O–H groups in total. The summed E-state index contributed by atoms with van der Waals surface area (Å²) < 4.78 is 0. The van der Waals surface area contributed by atoms with Crippen LogP contribution in [0.3, 0.4) is 0 Å². The lowest BCUT2D eigenvalue weighted by molar-refractivity contribution is -0.113. The molecule has 0 unspecified atom stereocenters. The molecule has 0 bridgehead atoms. The van der Waals surface area contributed by atoms with E-state index in [4.69, 9.17) is 0 Å². The van der Waals surface area contributed by atoms with Crippen LogP contribution in [-0.4, -0.2) is 5.78 Å². The molecule has 0 atom stereocenters. The maximum atomic E-state index is 10.5. The summed E-state index contributed by atoms with van der Waals surface area (Å²) in [6, 6.07) is 0. The maximum absolute atomic E-state index is 10.5. The first-order valence-electron chi connectivity index (χ1n) is 3.11. The van der Waals surface area contributed by atoms with Gasteiger partial charge in [-0.25, -0.2) is 0 Å². The van der Waals surface area contributed by atoms with Gasteiger partial charge in [0, 0.05) is 6.42 Å². The lowest BCUT2D eigenvalue weighted by atomic mass is 10.2. The fourth-order valence-corrected chi connectivity index (χ4v) is 0.449. The van der Waals surface area contributed by atoms with Gasteiger partial charge >= 0.3 is 0 Å². The number of hydrogen-bond donors (Lipinski definition) is 0. The van der Waals surface area contributed by atoms with Crippen molar-refractivity contribution in [1.29, 1.82) is 0 Å². The summed E-state index contributed by atoms with van der Waals surface area (Å²) in [6.07, 6.45) is 6.67. The quantitative estimate of drug-likeness (QED) is 0.414. The third kappa shape index (κ3) is 5.01. The zero-order valence-corrected chi connectivity index (χ0v) is 5.76. The van der Waals surface area contributed by atoms with Crippen molar-refractivity contribution < 1.29 is 4.79 Å². The second kappa shape index (κ2) is 5.29. The topological polar surface area (TPSA) is 17.1 Å². The first-order chi connectivity index (χ1) is 4.31. The van der Waals surface area contributed by atoms with E-state index in [1.165, 1.54) is 6.08 Å². The molecule has 0 saturated heterocycles. The minimum Gasteiger partial charge on any atom is -0.295 e. The van der Waals surface area contributed by atoms with Gasteiger partial charge in [0.1, 0.15) is 0 Å². The van der Waals surface area contributed by atoms with Crippen LogP contribution in [0, 0.1) is 0 Å². The third-order valence-corrected chi connectivity index (χ3v) is 0.949. The van der Waals surface area contributed by atoms with Gasteiger partial charge in [0.25, 0.3) is 0 Å². The molecule has 0 radical (unpaired) electrons. The Morgan fingerprint density at radius 3 is 2.67 bits per heavy atom. The number of allylic oxidation sites excluding steroid dienone is 3. The highest BCUT2D eigenvalue weighted by Crippen LogP contribution is 1.87. The fraction of sp³-hybridized carbons (Fsp3) is 0.375. The van der Waals surface area contributed by atoms with E-state index in [1.807, 2.05) is 19.1 Å². The van der Waals surface area contributed by atoms with Crippen LogP contribution in [0.2, 0.25) is 0 Å². The van der Waals surface area contributed by atoms with E-state index < -0.39 is 0 Å². The number of rotatable bonds is 4. The highest BCUT2D eigenvalue weighted by Gasteiger charge is 1.86. The van der Waals surface area contributed by atoms with Crippen LogP contribution in [0.25, 0.3) is 0 Å². The molecule has 0 aromatic carbocycles. The molecule has 0 saturated carbocycles. The van der Waals surface area contributed by atoms with Crippen molar-refractivity contribution in [2.75, 3.05) is 0 Å². The van der Waals surface area contributed by atoms with Crippen LogP contribution < -0.4 is 0 Å². The summed E-state index contributed by atoms with van der Waals surface area (Å²) in [6.45, 7) is 5.39. The smallest absolute Gasteiger partial charge is 0.158 e. The Morgan fingerprint density at radius 2 is 2.22 bits per heavy atom. The summed E-state index contributed by atoms with van der Waals surface area (Å²) in [7, 11) is 0. The van der Waals surface area contributed by atoms with Crippen LogP contribution >= 0.6 is 0 Å². The normalized spacial score (nSPS) is 9.89. The zero-order valence-electron chi connectivity index (χ0n) is 5.76. The van der Waals surface area contributed by atoms with Crippen molar-refractivity contribution in [2.45, 2.75) is 19.8 Å². The second-order valence-electron chi connectivity index (χ2n) is 1.75. The summed E-state index contributed by atoms with van der Waals surface area (Å²) >= 11 is 0. The SMILES string of the molecule is C=CC(=O)C/C=C\CC. The van der Waals surface area contributed by atoms with Gasteiger partial charge in [-0.15, -0.1) is 0 Å². The van der Waals surface area contributed by atoms with Crippen LogP contribution in [0.1, 0.15) is 19.8 Å². The van der Waals surface area contributed by atoms with Gasteiger partial charge in [-0.1, -0.05) is 25.7 Å². The minimum atomic E-state index is 0.0831.